The molecule has 0 fully saturated rings. The van der Waals surface area contributed by atoms with Gasteiger partial charge in [-0.2, -0.15) is 0 Å². The Labute approximate surface area is 74.4 Å². The molecule has 0 spiro atoms. The Hall–Kier alpha value is -1.58. The molecule has 0 saturated heterocycles. The highest BCUT2D eigenvalue weighted by molar-refractivity contribution is 5.71. The van der Waals surface area contributed by atoms with Crippen LogP contribution in [0.25, 0.3) is 0 Å². The summed E-state index contributed by atoms with van der Waals surface area (Å²) in [5, 5.41) is 17.5. The van der Waals surface area contributed by atoms with Gasteiger partial charge in [0.05, 0.1) is 6.42 Å². The van der Waals surface area contributed by atoms with Gasteiger partial charge in [-0.1, -0.05) is 6.07 Å². The molecule has 0 radical (unpaired) electrons. The molecule has 0 aromatic heterocycles. The standard InChI is InChI=1S/C9H9FO3/c10-5-6-1-2-8(11)3-7(6)4-9(12)13/h1-3,11H,4-5H2,(H,12,13). The van der Waals surface area contributed by atoms with Crippen LogP contribution in [0.4, 0.5) is 4.39 Å². The van der Waals surface area contributed by atoms with Crippen LogP contribution in [-0.4, -0.2) is 16.2 Å². The summed E-state index contributed by atoms with van der Waals surface area (Å²) < 4.78 is 12.3. The lowest BCUT2D eigenvalue weighted by Crippen LogP contribution is -2.02. The van der Waals surface area contributed by atoms with Gasteiger partial charge < -0.3 is 10.2 Å². The maximum Gasteiger partial charge on any atom is 0.307 e. The summed E-state index contributed by atoms with van der Waals surface area (Å²) in [6, 6.07) is 3.98. The van der Waals surface area contributed by atoms with E-state index < -0.39 is 12.6 Å². The van der Waals surface area contributed by atoms with E-state index in [9.17, 15) is 9.18 Å². The van der Waals surface area contributed by atoms with Gasteiger partial charge >= 0.3 is 5.97 Å². The molecule has 0 bridgehead atoms. The molecule has 0 saturated carbocycles. The molecule has 0 unspecified atom stereocenters. The van der Waals surface area contributed by atoms with Gasteiger partial charge in [0.25, 0.3) is 0 Å². The van der Waals surface area contributed by atoms with E-state index >= 15 is 0 Å². The number of benzene rings is 1. The zero-order chi connectivity index (χ0) is 9.84. The first-order chi connectivity index (χ1) is 6.13. The maximum absolute atomic E-state index is 12.3. The summed E-state index contributed by atoms with van der Waals surface area (Å²) in [4.78, 5) is 10.3. The van der Waals surface area contributed by atoms with Crippen molar-refractivity contribution < 1.29 is 19.4 Å². The topological polar surface area (TPSA) is 57.5 Å². The number of carboxylic acid groups (broad SMARTS) is 1. The number of phenols is 1. The van der Waals surface area contributed by atoms with Crippen LogP contribution in [0.1, 0.15) is 11.1 Å². The molecular weight excluding hydrogens is 175 g/mol. The molecule has 0 heterocycles. The van der Waals surface area contributed by atoms with Crippen molar-refractivity contribution in [2.24, 2.45) is 0 Å². The lowest BCUT2D eigenvalue weighted by Gasteiger charge is -2.03. The van der Waals surface area contributed by atoms with Crippen molar-refractivity contribution in [2.45, 2.75) is 13.1 Å². The van der Waals surface area contributed by atoms with Crippen LogP contribution in [0.15, 0.2) is 18.2 Å². The second kappa shape index (κ2) is 3.89. The summed E-state index contributed by atoms with van der Waals surface area (Å²) in [6.45, 7) is -0.719. The zero-order valence-electron chi connectivity index (χ0n) is 6.83. The average Bonchev–Trinajstić information content (AvgIpc) is 2.03. The number of halogens is 1. The van der Waals surface area contributed by atoms with Crippen LogP contribution >= 0.6 is 0 Å². The van der Waals surface area contributed by atoms with Crippen molar-refractivity contribution in [3.05, 3.63) is 29.3 Å². The van der Waals surface area contributed by atoms with E-state index in [4.69, 9.17) is 10.2 Å². The first-order valence-electron chi connectivity index (χ1n) is 3.72. The van der Waals surface area contributed by atoms with Gasteiger partial charge in [-0.05, 0) is 23.3 Å². The van der Waals surface area contributed by atoms with Crippen LogP contribution in [0, 0.1) is 0 Å². The fourth-order valence-electron chi connectivity index (χ4n) is 1.07. The molecule has 1 aromatic rings. The smallest absolute Gasteiger partial charge is 0.307 e. The minimum Gasteiger partial charge on any atom is -0.508 e. The summed E-state index contributed by atoms with van der Waals surface area (Å²) >= 11 is 0. The van der Waals surface area contributed by atoms with Crippen molar-refractivity contribution in [3.8, 4) is 5.75 Å². The third-order valence-electron chi connectivity index (χ3n) is 1.68. The van der Waals surface area contributed by atoms with Gasteiger partial charge in [0, 0.05) is 0 Å². The van der Waals surface area contributed by atoms with E-state index in [0.29, 0.717) is 11.1 Å². The minimum absolute atomic E-state index is 0.0477. The van der Waals surface area contributed by atoms with Crippen LogP contribution in [0.5, 0.6) is 5.75 Å². The molecule has 2 N–H and O–H groups in total. The molecule has 1 aromatic carbocycles. The minimum atomic E-state index is -1.04. The SMILES string of the molecule is O=C(O)Cc1cc(O)ccc1CF. The van der Waals surface area contributed by atoms with Crippen molar-refractivity contribution in [3.63, 3.8) is 0 Å². The highest BCUT2D eigenvalue weighted by Crippen LogP contribution is 2.18. The Kier molecular flexibility index (Phi) is 2.84. The van der Waals surface area contributed by atoms with E-state index in [2.05, 4.69) is 0 Å². The van der Waals surface area contributed by atoms with Gasteiger partial charge in [-0.25, -0.2) is 4.39 Å². The van der Waals surface area contributed by atoms with E-state index in [1.165, 1.54) is 18.2 Å². The molecule has 3 nitrogen and oxygen atoms in total. The van der Waals surface area contributed by atoms with Crippen molar-refractivity contribution >= 4 is 5.97 Å². The van der Waals surface area contributed by atoms with Crippen molar-refractivity contribution in [1.29, 1.82) is 0 Å². The number of aliphatic carboxylic acids is 1. The number of phenolic OH excluding ortho intramolecular Hbond substituents is 1. The molecule has 0 aliphatic rings. The molecule has 70 valence electrons. The normalized spacial score (nSPS) is 9.92. The third-order valence-corrected chi connectivity index (χ3v) is 1.68. The van der Waals surface area contributed by atoms with Crippen molar-refractivity contribution in [1.82, 2.24) is 0 Å². The second-order valence-electron chi connectivity index (χ2n) is 2.66. The molecule has 4 heteroatoms. The molecule has 0 aliphatic heterocycles. The monoisotopic (exact) mass is 184 g/mol. The lowest BCUT2D eigenvalue weighted by molar-refractivity contribution is -0.136. The average molecular weight is 184 g/mol. The molecule has 0 amide bonds. The van der Waals surface area contributed by atoms with Crippen LogP contribution in [0.2, 0.25) is 0 Å². The highest BCUT2D eigenvalue weighted by Gasteiger charge is 2.07. The van der Waals surface area contributed by atoms with E-state index in [1.54, 1.807) is 0 Å². The number of alkyl halides is 1. The lowest BCUT2D eigenvalue weighted by atomic mass is 10.1. The number of carbonyl (C=O) groups is 1. The summed E-state index contributed by atoms with van der Waals surface area (Å²) in [6.07, 6.45) is -0.270. The molecular formula is C9H9FO3. The number of aromatic hydroxyl groups is 1. The van der Waals surface area contributed by atoms with Crippen LogP contribution < -0.4 is 0 Å². The second-order valence-corrected chi connectivity index (χ2v) is 2.66. The zero-order valence-corrected chi connectivity index (χ0v) is 6.83. The van der Waals surface area contributed by atoms with E-state index in [1.807, 2.05) is 0 Å². The van der Waals surface area contributed by atoms with Gasteiger partial charge in [0.2, 0.25) is 0 Å². The Morgan fingerprint density at radius 1 is 1.38 bits per heavy atom. The predicted molar refractivity (Wildman–Crippen MR) is 44.3 cm³/mol. The Morgan fingerprint density at radius 2 is 2.08 bits per heavy atom. The summed E-state index contributed by atoms with van der Waals surface area (Å²) in [5.41, 5.74) is 0.621. The molecule has 1 rings (SSSR count). The van der Waals surface area contributed by atoms with Gasteiger partial charge in [0.15, 0.2) is 0 Å². The predicted octanol–water partition coefficient (Wildman–Crippen LogP) is 1.49. The molecule has 13 heavy (non-hydrogen) atoms. The van der Waals surface area contributed by atoms with Crippen LogP contribution in [0.3, 0.4) is 0 Å². The number of rotatable bonds is 3. The Balaban J connectivity index is 3.01. The number of carboxylic acids is 1. The largest absolute Gasteiger partial charge is 0.508 e. The fraction of sp³-hybridized carbons (Fsp3) is 0.222. The summed E-state index contributed by atoms with van der Waals surface area (Å²) in [5.74, 6) is -1.09. The fourth-order valence-corrected chi connectivity index (χ4v) is 1.07. The Morgan fingerprint density at radius 3 is 2.62 bits per heavy atom. The van der Waals surface area contributed by atoms with Crippen LogP contribution in [-0.2, 0) is 17.9 Å². The van der Waals surface area contributed by atoms with Gasteiger partial charge in [-0.3, -0.25) is 4.79 Å². The van der Waals surface area contributed by atoms with E-state index in [-0.39, 0.29) is 12.2 Å². The third kappa shape index (κ3) is 2.43. The first kappa shape index (κ1) is 9.51. The highest BCUT2D eigenvalue weighted by atomic mass is 19.1. The van der Waals surface area contributed by atoms with E-state index in [0.717, 1.165) is 0 Å². The Bertz CT molecular complexity index is 323. The van der Waals surface area contributed by atoms with Crippen molar-refractivity contribution in [2.75, 3.05) is 0 Å². The van der Waals surface area contributed by atoms with Gasteiger partial charge in [0.1, 0.15) is 12.4 Å². The summed E-state index contributed by atoms with van der Waals surface area (Å²) in [7, 11) is 0. The maximum atomic E-state index is 12.3. The first-order valence-corrected chi connectivity index (χ1v) is 3.72. The molecule has 0 aliphatic carbocycles. The van der Waals surface area contributed by atoms with Gasteiger partial charge in [-0.15, -0.1) is 0 Å². The number of hydrogen-bond donors (Lipinski definition) is 2. The molecule has 0 atom stereocenters. The quantitative estimate of drug-likeness (QED) is 0.748. The number of hydrogen-bond acceptors (Lipinski definition) is 2.